The topological polar surface area (TPSA) is 75.7 Å². The van der Waals surface area contributed by atoms with Gasteiger partial charge in [0, 0.05) is 18.1 Å². The molecule has 150 valence electrons. The van der Waals surface area contributed by atoms with Crippen LogP contribution in [0.3, 0.4) is 0 Å². The minimum absolute atomic E-state index is 0.146. The molecule has 1 N–H and O–H groups in total. The van der Waals surface area contributed by atoms with Crippen LogP contribution in [0.25, 0.3) is 0 Å². The smallest absolute Gasteiger partial charge is 0.243 e. The van der Waals surface area contributed by atoms with Gasteiger partial charge in [0.15, 0.2) is 0 Å². The highest BCUT2D eigenvalue weighted by Crippen LogP contribution is 2.28. The number of benzene rings is 2. The lowest BCUT2D eigenvalue weighted by atomic mass is 9.98. The van der Waals surface area contributed by atoms with Crippen LogP contribution in [-0.4, -0.2) is 38.3 Å². The first kappa shape index (κ1) is 20.6. The third-order valence-electron chi connectivity index (χ3n) is 4.65. The standard InChI is InChI=1S/C20H23ClN2O4S/c1-2-27-19-8-4-3-7-18(19)22-20(24)15-6-5-13-23(14-15)28(25,26)17-11-9-16(21)10-12-17/h3-4,7-12,15H,2,5-6,13-14H2,1H3,(H,22,24)/t15-/m0/s1. The Kier molecular flexibility index (Phi) is 6.59. The first-order valence-corrected chi connectivity index (χ1v) is 11.0. The number of piperidine rings is 1. The molecule has 1 fully saturated rings. The molecule has 1 heterocycles. The van der Waals surface area contributed by atoms with E-state index in [-0.39, 0.29) is 17.3 Å². The number of sulfonamides is 1. The van der Waals surface area contributed by atoms with E-state index >= 15 is 0 Å². The molecule has 0 saturated carbocycles. The Morgan fingerprint density at radius 2 is 1.93 bits per heavy atom. The predicted octanol–water partition coefficient (Wildman–Crippen LogP) is 3.78. The number of para-hydroxylation sites is 2. The maximum Gasteiger partial charge on any atom is 0.243 e. The van der Waals surface area contributed by atoms with Crippen molar-refractivity contribution in [2.75, 3.05) is 25.0 Å². The minimum Gasteiger partial charge on any atom is -0.492 e. The van der Waals surface area contributed by atoms with Crippen LogP contribution >= 0.6 is 11.6 Å². The molecule has 0 bridgehead atoms. The number of rotatable bonds is 6. The fourth-order valence-corrected chi connectivity index (χ4v) is 4.87. The number of amides is 1. The average molecular weight is 423 g/mol. The molecule has 3 rings (SSSR count). The Bertz CT molecular complexity index is 931. The van der Waals surface area contributed by atoms with Gasteiger partial charge in [-0.25, -0.2) is 8.42 Å². The number of carbonyl (C=O) groups is 1. The van der Waals surface area contributed by atoms with Crippen molar-refractivity contribution in [3.63, 3.8) is 0 Å². The second-order valence-electron chi connectivity index (χ2n) is 6.57. The summed E-state index contributed by atoms with van der Waals surface area (Å²) in [5.74, 6) is -0.0338. The second-order valence-corrected chi connectivity index (χ2v) is 8.95. The van der Waals surface area contributed by atoms with E-state index in [1.807, 2.05) is 19.1 Å². The van der Waals surface area contributed by atoms with Gasteiger partial charge in [-0.2, -0.15) is 4.31 Å². The van der Waals surface area contributed by atoms with Crippen molar-refractivity contribution in [1.82, 2.24) is 4.31 Å². The third-order valence-corrected chi connectivity index (χ3v) is 6.78. The number of hydrogen-bond donors (Lipinski definition) is 1. The quantitative estimate of drug-likeness (QED) is 0.768. The molecule has 28 heavy (non-hydrogen) atoms. The summed E-state index contributed by atoms with van der Waals surface area (Å²) >= 11 is 5.85. The lowest BCUT2D eigenvalue weighted by Gasteiger charge is -2.31. The SMILES string of the molecule is CCOc1ccccc1NC(=O)[C@H]1CCCN(S(=O)(=O)c2ccc(Cl)cc2)C1. The van der Waals surface area contributed by atoms with E-state index in [2.05, 4.69) is 5.32 Å². The number of ether oxygens (including phenoxy) is 1. The van der Waals surface area contributed by atoms with Crippen LogP contribution in [-0.2, 0) is 14.8 Å². The summed E-state index contributed by atoms with van der Waals surface area (Å²) in [6.45, 7) is 2.90. The van der Waals surface area contributed by atoms with Gasteiger partial charge in [-0.05, 0) is 56.2 Å². The highest BCUT2D eigenvalue weighted by molar-refractivity contribution is 7.89. The van der Waals surface area contributed by atoms with E-state index < -0.39 is 15.9 Å². The molecule has 2 aromatic carbocycles. The number of halogens is 1. The molecule has 1 saturated heterocycles. The molecule has 6 nitrogen and oxygen atoms in total. The molecule has 2 aromatic rings. The summed E-state index contributed by atoms with van der Waals surface area (Å²) in [7, 11) is -3.66. The van der Waals surface area contributed by atoms with Crippen molar-refractivity contribution < 1.29 is 17.9 Å². The molecule has 0 aromatic heterocycles. The number of nitrogens with one attached hydrogen (secondary N) is 1. The summed E-state index contributed by atoms with van der Waals surface area (Å²) in [6, 6.07) is 13.3. The molecule has 0 spiro atoms. The third kappa shape index (κ3) is 4.66. The maximum absolute atomic E-state index is 12.9. The van der Waals surface area contributed by atoms with E-state index in [1.165, 1.54) is 16.4 Å². The molecule has 0 unspecified atom stereocenters. The highest BCUT2D eigenvalue weighted by Gasteiger charge is 2.33. The van der Waals surface area contributed by atoms with Gasteiger partial charge >= 0.3 is 0 Å². The van der Waals surface area contributed by atoms with E-state index in [9.17, 15) is 13.2 Å². The molecule has 1 aliphatic rings. The molecule has 8 heteroatoms. The van der Waals surface area contributed by atoms with Crippen molar-refractivity contribution in [3.05, 3.63) is 53.6 Å². The van der Waals surface area contributed by atoms with Crippen LogP contribution < -0.4 is 10.1 Å². The molecule has 1 amide bonds. The van der Waals surface area contributed by atoms with Crippen LogP contribution in [0.4, 0.5) is 5.69 Å². The van der Waals surface area contributed by atoms with E-state index in [0.717, 1.165) is 0 Å². The summed E-state index contributed by atoms with van der Waals surface area (Å²) in [5.41, 5.74) is 0.590. The molecule has 1 aliphatic heterocycles. The zero-order valence-corrected chi connectivity index (χ0v) is 17.2. The maximum atomic E-state index is 12.9. The fourth-order valence-electron chi connectivity index (χ4n) is 3.22. The summed E-state index contributed by atoms with van der Waals surface area (Å²) in [5, 5.41) is 3.36. The van der Waals surface area contributed by atoms with Crippen molar-refractivity contribution in [3.8, 4) is 5.75 Å². The Morgan fingerprint density at radius 1 is 1.21 bits per heavy atom. The predicted molar refractivity (Wildman–Crippen MR) is 109 cm³/mol. The molecular formula is C20H23ClN2O4S. The zero-order chi connectivity index (χ0) is 20.1. The van der Waals surface area contributed by atoms with Gasteiger partial charge in [0.2, 0.25) is 15.9 Å². The van der Waals surface area contributed by atoms with Crippen LogP contribution in [0.1, 0.15) is 19.8 Å². The average Bonchev–Trinajstić information content (AvgIpc) is 2.70. The first-order chi connectivity index (χ1) is 13.4. The zero-order valence-electron chi connectivity index (χ0n) is 15.6. The molecule has 0 radical (unpaired) electrons. The number of carbonyl (C=O) groups excluding carboxylic acids is 1. The van der Waals surface area contributed by atoms with Gasteiger partial charge in [-0.3, -0.25) is 4.79 Å². The fraction of sp³-hybridized carbons (Fsp3) is 0.350. The Balaban J connectivity index is 1.72. The summed E-state index contributed by atoms with van der Waals surface area (Å²) < 4.78 is 32.7. The lowest BCUT2D eigenvalue weighted by Crippen LogP contribution is -2.43. The van der Waals surface area contributed by atoms with Crippen LogP contribution in [0.15, 0.2) is 53.4 Å². The second kappa shape index (κ2) is 8.94. The van der Waals surface area contributed by atoms with Gasteiger partial charge in [0.05, 0.1) is 23.1 Å². The molecule has 1 atom stereocenters. The van der Waals surface area contributed by atoms with Gasteiger partial charge < -0.3 is 10.1 Å². The van der Waals surface area contributed by atoms with Gasteiger partial charge in [-0.15, -0.1) is 0 Å². The highest BCUT2D eigenvalue weighted by atomic mass is 35.5. The van der Waals surface area contributed by atoms with Crippen molar-refractivity contribution in [2.24, 2.45) is 5.92 Å². The van der Waals surface area contributed by atoms with E-state index in [0.29, 0.717) is 42.5 Å². The normalized spacial score (nSPS) is 17.9. The van der Waals surface area contributed by atoms with E-state index in [4.69, 9.17) is 16.3 Å². The minimum atomic E-state index is -3.66. The lowest BCUT2D eigenvalue weighted by molar-refractivity contribution is -0.120. The monoisotopic (exact) mass is 422 g/mol. The molecule has 0 aliphatic carbocycles. The van der Waals surface area contributed by atoms with Gasteiger partial charge in [0.25, 0.3) is 0 Å². The Labute approximate surface area is 170 Å². The Morgan fingerprint density at radius 3 is 2.64 bits per heavy atom. The van der Waals surface area contributed by atoms with Crippen LogP contribution in [0.5, 0.6) is 5.75 Å². The van der Waals surface area contributed by atoms with Crippen molar-refractivity contribution >= 4 is 33.2 Å². The van der Waals surface area contributed by atoms with Crippen molar-refractivity contribution in [1.29, 1.82) is 0 Å². The van der Waals surface area contributed by atoms with Crippen molar-refractivity contribution in [2.45, 2.75) is 24.7 Å². The van der Waals surface area contributed by atoms with Crippen LogP contribution in [0.2, 0.25) is 5.02 Å². The number of hydrogen-bond acceptors (Lipinski definition) is 4. The number of anilines is 1. The van der Waals surface area contributed by atoms with Gasteiger partial charge in [0.1, 0.15) is 5.75 Å². The first-order valence-electron chi connectivity index (χ1n) is 9.20. The Hall–Kier alpha value is -2.09. The number of nitrogens with zero attached hydrogens (tertiary/aromatic N) is 1. The summed E-state index contributed by atoms with van der Waals surface area (Å²) in [6.07, 6.45) is 1.26. The van der Waals surface area contributed by atoms with Gasteiger partial charge in [-0.1, -0.05) is 23.7 Å². The van der Waals surface area contributed by atoms with E-state index in [1.54, 1.807) is 24.3 Å². The largest absolute Gasteiger partial charge is 0.492 e. The molecular weight excluding hydrogens is 400 g/mol. The summed E-state index contributed by atoms with van der Waals surface area (Å²) in [4.78, 5) is 13.0. The van der Waals surface area contributed by atoms with Crippen LogP contribution in [0, 0.1) is 5.92 Å².